The Hall–Kier alpha value is -6.13. The summed E-state index contributed by atoms with van der Waals surface area (Å²) in [6.45, 7) is 1.72. The largest absolute Gasteiger partial charge is 0.324 e. The molecular formula is C39H28FN3O5S. The molecule has 6 rings (SSSR count). The normalized spacial score (nSPS) is 12.7. The monoisotopic (exact) mass is 669 g/mol. The van der Waals surface area contributed by atoms with Crippen LogP contribution in [0.4, 0.5) is 15.8 Å². The summed E-state index contributed by atoms with van der Waals surface area (Å²) >= 11 is 1.27. The van der Waals surface area contributed by atoms with E-state index in [0.717, 1.165) is 4.90 Å². The molecule has 0 heterocycles. The van der Waals surface area contributed by atoms with Gasteiger partial charge >= 0.3 is 0 Å². The summed E-state index contributed by atoms with van der Waals surface area (Å²) in [5.41, 5.74) is 2.58. The molecule has 0 radical (unpaired) electrons. The fourth-order valence-corrected chi connectivity index (χ4v) is 6.09. The van der Waals surface area contributed by atoms with Gasteiger partial charge in [0.05, 0.1) is 16.5 Å². The van der Waals surface area contributed by atoms with E-state index in [9.17, 15) is 28.4 Å². The number of thioether (sulfide) groups is 1. The van der Waals surface area contributed by atoms with Crippen molar-refractivity contribution in [1.29, 1.82) is 0 Å². The van der Waals surface area contributed by atoms with Crippen LogP contribution in [-0.4, -0.2) is 34.5 Å². The molecule has 0 saturated heterocycles. The van der Waals surface area contributed by atoms with Crippen molar-refractivity contribution in [3.8, 4) is 0 Å². The van der Waals surface area contributed by atoms with Crippen LogP contribution in [0.1, 0.15) is 54.7 Å². The third-order valence-electron chi connectivity index (χ3n) is 7.71. The minimum Gasteiger partial charge on any atom is -0.324 e. The summed E-state index contributed by atoms with van der Waals surface area (Å²) in [7, 11) is 0. The predicted molar refractivity (Wildman–Crippen MR) is 187 cm³/mol. The van der Waals surface area contributed by atoms with Gasteiger partial charge in [0.2, 0.25) is 5.91 Å². The lowest BCUT2D eigenvalue weighted by Gasteiger charge is -2.21. The van der Waals surface area contributed by atoms with Crippen molar-refractivity contribution in [3.05, 3.63) is 166 Å². The van der Waals surface area contributed by atoms with Crippen LogP contribution in [0.15, 0.2) is 132 Å². The number of carbonyl (C=O) groups excluding carboxylic acids is 5. The summed E-state index contributed by atoms with van der Waals surface area (Å²) in [6.07, 6.45) is 1.45. The van der Waals surface area contributed by atoms with Crippen LogP contribution in [0.2, 0.25) is 0 Å². The van der Waals surface area contributed by atoms with Gasteiger partial charge in [-0.3, -0.25) is 24.0 Å². The second kappa shape index (κ2) is 14.3. The number of anilines is 2. The number of hydrogen-bond acceptors (Lipinski definition) is 6. The Bertz CT molecular complexity index is 2130. The highest BCUT2D eigenvalue weighted by atomic mass is 32.2. The van der Waals surface area contributed by atoms with Crippen LogP contribution in [-0.2, 0) is 9.59 Å². The summed E-state index contributed by atoms with van der Waals surface area (Å²) in [5.74, 6) is -2.47. The molecular weight excluding hydrogens is 642 g/mol. The Kier molecular flexibility index (Phi) is 9.59. The van der Waals surface area contributed by atoms with Gasteiger partial charge in [0.15, 0.2) is 11.6 Å². The van der Waals surface area contributed by atoms with E-state index in [-0.39, 0.29) is 40.0 Å². The number of nitrogens with one attached hydrogen (secondary N) is 3. The lowest BCUT2D eigenvalue weighted by Crippen LogP contribution is -2.30. The molecule has 242 valence electrons. The molecule has 5 aromatic rings. The Balaban J connectivity index is 1.12. The topological polar surface area (TPSA) is 121 Å². The molecule has 8 nitrogen and oxygen atoms in total. The van der Waals surface area contributed by atoms with Crippen molar-refractivity contribution < 1.29 is 28.4 Å². The first-order valence-electron chi connectivity index (χ1n) is 15.2. The van der Waals surface area contributed by atoms with Crippen molar-refractivity contribution in [2.45, 2.75) is 17.1 Å². The number of halogens is 1. The Morgan fingerprint density at radius 1 is 0.694 bits per heavy atom. The standard InChI is InChI=1S/C39H28FN3O5S/c1-23(37(46)42-32-13-7-12-31-34(32)36(45)30-11-6-5-10-29(30)35(31)44)49-28-20-18-27(19-21-28)41-39(48)33(22-24-14-16-26(40)17-15-24)43-38(47)25-8-3-2-4-9-25/h2-23H,1H3,(H,41,48)(H,42,46)(H,43,47)/b33-22-. The lowest BCUT2D eigenvalue weighted by molar-refractivity contribution is -0.115. The molecule has 49 heavy (non-hydrogen) atoms. The van der Waals surface area contributed by atoms with Gasteiger partial charge in [-0.25, -0.2) is 4.39 Å². The fraction of sp³-hybridized carbons (Fsp3) is 0.0513. The van der Waals surface area contributed by atoms with Crippen LogP contribution in [0.5, 0.6) is 0 Å². The third-order valence-corrected chi connectivity index (χ3v) is 8.83. The first kappa shape index (κ1) is 32.8. The highest BCUT2D eigenvalue weighted by Crippen LogP contribution is 2.33. The minimum absolute atomic E-state index is 0.0454. The SMILES string of the molecule is CC(Sc1ccc(NC(=O)/C(=C/c2ccc(F)cc2)NC(=O)c2ccccc2)cc1)C(=O)Nc1cccc2c1C(=O)c1ccccc1C2=O. The molecule has 10 heteroatoms. The lowest BCUT2D eigenvalue weighted by atomic mass is 9.83. The molecule has 3 amide bonds. The van der Waals surface area contributed by atoms with Gasteiger partial charge in [-0.05, 0) is 73.2 Å². The van der Waals surface area contributed by atoms with Gasteiger partial charge in [0.1, 0.15) is 11.5 Å². The number of amides is 3. The highest BCUT2D eigenvalue weighted by Gasteiger charge is 2.32. The first-order chi connectivity index (χ1) is 23.7. The van der Waals surface area contributed by atoms with Crippen molar-refractivity contribution in [1.82, 2.24) is 5.32 Å². The number of fused-ring (bicyclic) bond motifs is 2. The highest BCUT2D eigenvalue weighted by molar-refractivity contribution is 8.00. The van der Waals surface area contributed by atoms with Crippen LogP contribution >= 0.6 is 11.8 Å². The van der Waals surface area contributed by atoms with Crippen LogP contribution < -0.4 is 16.0 Å². The maximum atomic E-state index is 13.5. The Morgan fingerprint density at radius 2 is 1.33 bits per heavy atom. The molecule has 1 unspecified atom stereocenters. The van der Waals surface area contributed by atoms with E-state index in [4.69, 9.17) is 0 Å². The zero-order valence-electron chi connectivity index (χ0n) is 26.0. The number of benzene rings is 5. The van der Waals surface area contributed by atoms with Crippen molar-refractivity contribution >= 4 is 58.5 Å². The van der Waals surface area contributed by atoms with E-state index in [1.165, 1.54) is 42.1 Å². The molecule has 0 fully saturated rings. The molecule has 1 aliphatic rings. The van der Waals surface area contributed by atoms with Crippen molar-refractivity contribution in [2.75, 3.05) is 10.6 Å². The molecule has 0 saturated carbocycles. The number of hydrogen-bond donors (Lipinski definition) is 3. The van der Waals surface area contributed by atoms with Crippen LogP contribution in [0.3, 0.4) is 0 Å². The molecule has 0 aromatic heterocycles. The Labute approximate surface area is 285 Å². The maximum absolute atomic E-state index is 13.5. The van der Waals surface area contributed by atoms with Gasteiger partial charge in [0.25, 0.3) is 11.8 Å². The van der Waals surface area contributed by atoms with Crippen LogP contribution in [0, 0.1) is 5.82 Å². The van der Waals surface area contributed by atoms with Gasteiger partial charge in [-0.15, -0.1) is 11.8 Å². The van der Waals surface area contributed by atoms with Gasteiger partial charge in [-0.2, -0.15) is 0 Å². The summed E-state index contributed by atoms with van der Waals surface area (Å²) < 4.78 is 13.5. The minimum atomic E-state index is -0.594. The average molecular weight is 670 g/mol. The first-order valence-corrected chi connectivity index (χ1v) is 16.1. The quantitative estimate of drug-likeness (QED) is 0.111. The summed E-state index contributed by atoms with van der Waals surface area (Å²) in [5, 5.41) is 7.64. The van der Waals surface area contributed by atoms with Gasteiger partial charge < -0.3 is 16.0 Å². The van der Waals surface area contributed by atoms with Gasteiger partial charge in [0, 0.05) is 32.8 Å². The smallest absolute Gasteiger partial charge is 0.272 e. The third kappa shape index (κ3) is 7.39. The van der Waals surface area contributed by atoms with Crippen molar-refractivity contribution in [2.24, 2.45) is 0 Å². The predicted octanol–water partition coefficient (Wildman–Crippen LogP) is 7.13. The second-order valence-corrected chi connectivity index (χ2v) is 12.5. The zero-order chi connectivity index (χ0) is 34.5. The second-order valence-electron chi connectivity index (χ2n) is 11.1. The molecule has 1 aliphatic carbocycles. The fourth-order valence-electron chi connectivity index (χ4n) is 5.22. The van der Waals surface area contributed by atoms with E-state index in [2.05, 4.69) is 16.0 Å². The average Bonchev–Trinajstić information content (AvgIpc) is 3.12. The number of ketones is 2. The number of rotatable bonds is 9. The van der Waals surface area contributed by atoms with E-state index >= 15 is 0 Å². The van der Waals surface area contributed by atoms with E-state index in [0.29, 0.717) is 27.9 Å². The Morgan fingerprint density at radius 3 is 2.02 bits per heavy atom. The maximum Gasteiger partial charge on any atom is 0.272 e. The molecule has 3 N–H and O–H groups in total. The van der Waals surface area contributed by atoms with E-state index in [1.54, 1.807) is 104 Å². The zero-order valence-corrected chi connectivity index (χ0v) is 26.8. The summed E-state index contributed by atoms with van der Waals surface area (Å²) in [4.78, 5) is 66.5. The molecule has 5 aromatic carbocycles. The summed E-state index contributed by atoms with van der Waals surface area (Å²) in [6, 6.07) is 32.1. The van der Waals surface area contributed by atoms with Crippen molar-refractivity contribution in [3.63, 3.8) is 0 Å². The number of carbonyl (C=O) groups is 5. The molecule has 0 bridgehead atoms. The molecule has 0 spiro atoms. The van der Waals surface area contributed by atoms with E-state index < -0.39 is 22.9 Å². The molecule has 1 atom stereocenters. The molecule has 0 aliphatic heterocycles. The van der Waals surface area contributed by atoms with Crippen LogP contribution in [0.25, 0.3) is 6.08 Å². The van der Waals surface area contributed by atoms with E-state index in [1.807, 2.05) is 0 Å². The van der Waals surface area contributed by atoms with Gasteiger partial charge in [-0.1, -0.05) is 66.7 Å².